The van der Waals surface area contributed by atoms with E-state index in [9.17, 15) is 24.3 Å². The zero-order valence-corrected chi connectivity index (χ0v) is 14.6. The summed E-state index contributed by atoms with van der Waals surface area (Å²) in [7, 11) is 3.06. The Bertz CT molecular complexity index is 459. The summed E-state index contributed by atoms with van der Waals surface area (Å²) >= 11 is 0. The highest BCUT2D eigenvalue weighted by atomic mass is 16.6. The van der Waals surface area contributed by atoms with Gasteiger partial charge in [0.05, 0.1) is 27.8 Å². The fraction of sp³-hybridized carbons (Fsp3) is 0.750. The SMILES string of the molecule is CCCCCCC(=O)C(C(=O)OC)C(O)(CC(=O)OC)C(=O)OC. The number of esters is 3. The van der Waals surface area contributed by atoms with Crippen LogP contribution in [-0.4, -0.2) is 55.7 Å². The van der Waals surface area contributed by atoms with Crippen molar-refractivity contribution in [3.05, 3.63) is 0 Å². The van der Waals surface area contributed by atoms with E-state index in [1.54, 1.807) is 0 Å². The average Bonchev–Trinajstić information content (AvgIpc) is 2.57. The summed E-state index contributed by atoms with van der Waals surface area (Å²) in [6.45, 7) is 2.01. The molecule has 8 nitrogen and oxygen atoms in total. The second-order valence-corrected chi connectivity index (χ2v) is 5.40. The van der Waals surface area contributed by atoms with Crippen LogP contribution in [0, 0.1) is 5.92 Å². The van der Waals surface area contributed by atoms with E-state index in [2.05, 4.69) is 14.2 Å². The Kier molecular flexibility index (Phi) is 9.87. The lowest BCUT2D eigenvalue weighted by atomic mass is 9.80. The first-order valence-electron chi connectivity index (χ1n) is 7.76. The molecular formula is C16H26O8. The molecular weight excluding hydrogens is 320 g/mol. The molecule has 0 aromatic heterocycles. The molecule has 2 atom stereocenters. The van der Waals surface area contributed by atoms with Gasteiger partial charge >= 0.3 is 17.9 Å². The van der Waals surface area contributed by atoms with Gasteiger partial charge in [-0.15, -0.1) is 0 Å². The van der Waals surface area contributed by atoms with E-state index >= 15 is 0 Å². The standard InChI is InChI=1S/C16H26O8/c1-5-6-7-8-9-11(17)13(14(19)23-3)16(21,15(20)24-4)10-12(18)22-2/h13,21H,5-10H2,1-4H3. The number of carbonyl (C=O) groups excluding carboxylic acids is 4. The number of unbranched alkanes of at least 4 members (excludes halogenated alkanes) is 3. The molecule has 1 N–H and O–H groups in total. The molecule has 0 aliphatic carbocycles. The zero-order valence-electron chi connectivity index (χ0n) is 14.6. The van der Waals surface area contributed by atoms with Gasteiger partial charge in [-0.05, 0) is 6.42 Å². The molecule has 0 amide bonds. The summed E-state index contributed by atoms with van der Waals surface area (Å²) < 4.78 is 13.4. The molecule has 0 bridgehead atoms. The molecule has 0 heterocycles. The molecule has 0 saturated carbocycles. The minimum absolute atomic E-state index is 0.0275. The number of rotatable bonds is 11. The normalized spacial score (nSPS) is 14.2. The zero-order chi connectivity index (χ0) is 18.8. The number of methoxy groups -OCH3 is 3. The van der Waals surface area contributed by atoms with Crippen LogP contribution in [0.25, 0.3) is 0 Å². The maximum atomic E-state index is 12.4. The minimum Gasteiger partial charge on any atom is -0.469 e. The van der Waals surface area contributed by atoms with Crippen molar-refractivity contribution in [1.82, 2.24) is 0 Å². The van der Waals surface area contributed by atoms with Crippen LogP contribution in [0.4, 0.5) is 0 Å². The smallest absolute Gasteiger partial charge is 0.339 e. The fourth-order valence-electron chi connectivity index (χ4n) is 2.34. The molecule has 0 aliphatic rings. The highest BCUT2D eigenvalue weighted by Crippen LogP contribution is 2.28. The molecule has 2 unspecified atom stereocenters. The van der Waals surface area contributed by atoms with Gasteiger partial charge in [-0.1, -0.05) is 26.2 Å². The number of aliphatic hydroxyl groups is 1. The predicted octanol–water partition coefficient (Wildman–Crippen LogP) is 0.782. The highest BCUT2D eigenvalue weighted by Gasteiger charge is 2.54. The van der Waals surface area contributed by atoms with E-state index in [1.165, 1.54) is 0 Å². The van der Waals surface area contributed by atoms with Crippen LogP contribution in [0.5, 0.6) is 0 Å². The van der Waals surface area contributed by atoms with Crippen LogP contribution >= 0.6 is 0 Å². The highest BCUT2D eigenvalue weighted by molar-refractivity contribution is 6.06. The van der Waals surface area contributed by atoms with Crippen molar-refractivity contribution in [2.24, 2.45) is 5.92 Å². The predicted molar refractivity (Wildman–Crippen MR) is 82.9 cm³/mol. The van der Waals surface area contributed by atoms with Gasteiger partial charge in [-0.25, -0.2) is 4.79 Å². The van der Waals surface area contributed by atoms with Gasteiger partial charge in [0.2, 0.25) is 0 Å². The molecule has 0 aromatic rings. The first kappa shape index (κ1) is 22.0. The molecule has 0 aromatic carbocycles. The van der Waals surface area contributed by atoms with Crippen molar-refractivity contribution in [1.29, 1.82) is 0 Å². The Morgan fingerprint density at radius 3 is 2.04 bits per heavy atom. The number of hydrogen-bond acceptors (Lipinski definition) is 8. The van der Waals surface area contributed by atoms with Crippen LogP contribution in [0.15, 0.2) is 0 Å². The van der Waals surface area contributed by atoms with Crippen LogP contribution in [0.3, 0.4) is 0 Å². The third-order valence-electron chi connectivity index (χ3n) is 3.69. The lowest BCUT2D eigenvalue weighted by Gasteiger charge is -2.30. The molecule has 0 radical (unpaired) electrons. The third kappa shape index (κ3) is 5.92. The van der Waals surface area contributed by atoms with E-state index in [1.807, 2.05) is 6.92 Å². The van der Waals surface area contributed by atoms with Gasteiger partial charge in [-0.2, -0.15) is 0 Å². The third-order valence-corrected chi connectivity index (χ3v) is 3.69. The number of hydrogen-bond donors (Lipinski definition) is 1. The Hall–Kier alpha value is -1.96. The molecule has 0 saturated heterocycles. The van der Waals surface area contributed by atoms with Gasteiger partial charge in [0.1, 0.15) is 0 Å². The number of carbonyl (C=O) groups is 4. The maximum absolute atomic E-state index is 12.4. The second kappa shape index (κ2) is 10.7. The number of ether oxygens (including phenoxy) is 3. The van der Waals surface area contributed by atoms with Gasteiger partial charge < -0.3 is 19.3 Å². The fourth-order valence-corrected chi connectivity index (χ4v) is 2.34. The van der Waals surface area contributed by atoms with Crippen molar-refractivity contribution in [3.63, 3.8) is 0 Å². The van der Waals surface area contributed by atoms with Crippen molar-refractivity contribution in [3.8, 4) is 0 Å². The van der Waals surface area contributed by atoms with Crippen LogP contribution in [0.2, 0.25) is 0 Å². The first-order chi connectivity index (χ1) is 11.3. The largest absolute Gasteiger partial charge is 0.469 e. The molecule has 24 heavy (non-hydrogen) atoms. The minimum atomic E-state index is -2.67. The van der Waals surface area contributed by atoms with Crippen LogP contribution in [-0.2, 0) is 33.4 Å². The summed E-state index contributed by atoms with van der Waals surface area (Å²) in [5, 5.41) is 10.6. The van der Waals surface area contributed by atoms with Crippen molar-refractivity contribution < 1.29 is 38.5 Å². The molecule has 0 rings (SSSR count). The summed E-state index contributed by atoms with van der Waals surface area (Å²) in [6.07, 6.45) is 2.22. The molecule has 0 spiro atoms. The molecule has 0 fully saturated rings. The summed E-state index contributed by atoms with van der Waals surface area (Å²) in [4.78, 5) is 48.0. The maximum Gasteiger partial charge on any atom is 0.339 e. The lowest BCUT2D eigenvalue weighted by molar-refractivity contribution is -0.184. The van der Waals surface area contributed by atoms with E-state index in [4.69, 9.17) is 0 Å². The average molecular weight is 346 g/mol. The Balaban J connectivity index is 5.52. The van der Waals surface area contributed by atoms with Gasteiger partial charge in [0, 0.05) is 6.42 Å². The quantitative estimate of drug-likeness (QED) is 0.252. The van der Waals surface area contributed by atoms with E-state index in [-0.39, 0.29) is 6.42 Å². The van der Waals surface area contributed by atoms with Crippen molar-refractivity contribution in [2.75, 3.05) is 21.3 Å². The molecule has 8 heteroatoms. The second-order valence-electron chi connectivity index (χ2n) is 5.40. The molecule has 0 aliphatic heterocycles. The van der Waals surface area contributed by atoms with Crippen molar-refractivity contribution in [2.45, 2.75) is 51.0 Å². The number of Topliss-reactive ketones (excluding diaryl/α,β-unsaturated/α-hetero) is 1. The monoisotopic (exact) mass is 346 g/mol. The van der Waals surface area contributed by atoms with Crippen LogP contribution < -0.4 is 0 Å². The summed E-state index contributed by atoms with van der Waals surface area (Å²) in [5.74, 6) is -5.88. The summed E-state index contributed by atoms with van der Waals surface area (Å²) in [6, 6.07) is 0. The Morgan fingerprint density at radius 2 is 1.58 bits per heavy atom. The lowest BCUT2D eigenvalue weighted by Crippen LogP contribution is -2.54. The van der Waals surface area contributed by atoms with E-state index in [0.717, 1.165) is 40.6 Å². The Labute approximate surface area is 141 Å². The number of ketones is 1. The van der Waals surface area contributed by atoms with Gasteiger partial charge in [0.15, 0.2) is 17.3 Å². The Morgan fingerprint density at radius 1 is 0.958 bits per heavy atom. The van der Waals surface area contributed by atoms with E-state index in [0.29, 0.717) is 6.42 Å². The van der Waals surface area contributed by atoms with Gasteiger partial charge in [0.25, 0.3) is 0 Å². The van der Waals surface area contributed by atoms with Crippen LogP contribution in [0.1, 0.15) is 45.4 Å². The topological polar surface area (TPSA) is 116 Å². The van der Waals surface area contributed by atoms with Crippen molar-refractivity contribution >= 4 is 23.7 Å². The first-order valence-corrected chi connectivity index (χ1v) is 7.76. The van der Waals surface area contributed by atoms with E-state index < -0.39 is 41.6 Å². The van der Waals surface area contributed by atoms with Gasteiger partial charge in [-0.3, -0.25) is 14.4 Å². The molecule has 138 valence electrons. The summed E-state index contributed by atoms with van der Waals surface area (Å²) in [5.41, 5.74) is -2.67.